The van der Waals surface area contributed by atoms with Gasteiger partial charge in [0.05, 0.1) is 26.0 Å². The number of benzene rings is 2. The van der Waals surface area contributed by atoms with Gasteiger partial charge in [-0.25, -0.2) is 4.98 Å². The summed E-state index contributed by atoms with van der Waals surface area (Å²) in [6.07, 6.45) is 0. The molecule has 0 aliphatic heterocycles. The molecular weight excluding hydrogens is 372 g/mol. The molecule has 0 fully saturated rings. The number of thiazole rings is 1. The molecule has 124 valence electrons. The third kappa shape index (κ3) is 3.44. The van der Waals surface area contributed by atoms with Crippen LogP contribution in [-0.4, -0.2) is 10.9 Å². The van der Waals surface area contributed by atoms with Crippen molar-refractivity contribution < 1.29 is 4.79 Å². The summed E-state index contributed by atoms with van der Waals surface area (Å²) in [5.41, 5.74) is 1.95. The van der Waals surface area contributed by atoms with Crippen LogP contribution in [0.5, 0.6) is 0 Å². The molecule has 2 heterocycles. The van der Waals surface area contributed by atoms with Crippen LogP contribution in [0, 0.1) is 0 Å². The number of hydrogen-bond acceptors (Lipinski definition) is 4. The van der Waals surface area contributed by atoms with E-state index >= 15 is 0 Å². The molecule has 0 atom stereocenters. The molecule has 0 N–H and O–H groups in total. The molecule has 2 aromatic carbocycles. The zero-order valence-electron chi connectivity index (χ0n) is 13.1. The van der Waals surface area contributed by atoms with Crippen molar-refractivity contribution >= 4 is 55.5 Å². The number of aromatic nitrogens is 1. The van der Waals surface area contributed by atoms with E-state index in [1.807, 2.05) is 54.6 Å². The molecule has 25 heavy (non-hydrogen) atoms. The Labute approximate surface area is 158 Å². The summed E-state index contributed by atoms with van der Waals surface area (Å²) < 4.78 is 1.67. The van der Waals surface area contributed by atoms with Gasteiger partial charge in [-0.2, -0.15) is 0 Å². The smallest absolute Gasteiger partial charge is 0.270 e. The maximum Gasteiger partial charge on any atom is 0.270 e. The molecule has 0 bridgehead atoms. The second-order valence-electron chi connectivity index (χ2n) is 5.44. The number of anilines is 1. The van der Waals surface area contributed by atoms with E-state index in [-0.39, 0.29) is 5.91 Å². The summed E-state index contributed by atoms with van der Waals surface area (Å²) in [5, 5.41) is 0.694. The Bertz CT molecular complexity index is 993. The first kappa shape index (κ1) is 16.3. The monoisotopic (exact) mass is 384 g/mol. The number of rotatable bonds is 4. The van der Waals surface area contributed by atoms with Crippen LogP contribution in [0.1, 0.15) is 15.2 Å². The van der Waals surface area contributed by atoms with Gasteiger partial charge in [-0.1, -0.05) is 65.4 Å². The Kier molecular flexibility index (Phi) is 4.53. The second-order valence-corrected chi connectivity index (χ2v) is 8.17. The van der Waals surface area contributed by atoms with Gasteiger partial charge < -0.3 is 0 Å². The van der Waals surface area contributed by atoms with Crippen molar-refractivity contribution in [2.75, 3.05) is 4.90 Å². The van der Waals surface area contributed by atoms with Crippen molar-refractivity contribution in [1.82, 2.24) is 4.98 Å². The van der Waals surface area contributed by atoms with Crippen LogP contribution in [0.2, 0.25) is 4.34 Å². The topological polar surface area (TPSA) is 33.2 Å². The predicted molar refractivity (Wildman–Crippen MR) is 106 cm³/mol. The average molecular weight is 385 g/mol. The average Bonchev–Trinajstić information content (AvgIpc) is 3.26. The normalized spacial score (nSPS) is 10.9. The highest BCUT2D eigenvalue weighted by molar-refractivity contribution is 7.22. The molecule has 3 nitrogen and oxygen atoms in total. The van der Waals surface area contributed by atoms with Crippen molar-refractivity contribution in [3.05, 3.63) is 81.5 Å². The van der Waals surface area contributed by atoms with Gasteiger partial charge >= 0.3 is 0 Å². The van der Waals surface area contributed by atoms with Gasteiger partial charge in [0, 0.05) is 0 Å². The minimum absolute atomic E-state index is 0.0835. The number of para-hydroxylation sites is 1. The molecule has 1 amide bonds. The number of fused-ring (bicyclic) bond motifs is 1. The first-order valence-electron chi connectivity index (χ1n) is 7.67. The first-order valence-corrected chi connectivity index (χ1v) is 9.68. The van der Waals surface area contributed by atoms with Gasteiger partial charge in [-0.05, 0) is 29.8 Å². The van der Waals surface area contributed by atoms with E-state index in [9.17, 15) is 4.79 Å². The van der Waals surface area contributed by atoms with E-state index in [0.717, 1.165) is 15.8 Å². The summed E-state index contributed by atoms with van der Waals surface area (Å²) in [5.74, 6) is -0.0835. The van der Waals surface area contributed by atoms with Crippen molar-refractivity contribution in [2.45, 2.75) is 6.54 Å². The fourth-order valence-electron chi connectivity index (χ4n) is 2.53. The van der Waals surface area contributed by atoms with E-state index in [4.69, 9.17) is 11.6 Å². The highest BCUT2D eigenvalue weighted by Crippen LogP contribution is 2.32. The molecular formula is C19H13ClN2OS2. The van der Waals surface area contributed by atoms with Crippen LogP contribution in [-0.2, 0) is 6.54 Å². The van der Waals surface area contributed by atoms with Crippen LogP contribution in [0.3, 0.4) is 0 Å². The number of thiophene rings is 1. The number of carbonyl (C=O) groups excluding carboxylic acids is 1. The lowest BCUT2D eigenvalue weighted by Crippen LogP contribution is -2.29. The molecule has 0 radical (unpaired) electrons. The summed E-state index contributed by atoms with van der Waals surface area (Å²) in [4.78, 5) is 20.1. The summed E-state index contributed by atoms with van der Waals surface area (Å²) in [6, 6.07) is 21.3. The second kappa shape index (κ2) is 6.96. The fourth-order valence-corrected chi connectivity index (χ4v) is 4.49. The third-order valence-corrected chi connectivity index (χ3v) is 6.00. The highest BCUT2D eigenvalue weighted by atomic mass is 35.5. The Balaban J connectivity index is 1.75. The lowest BCUT2D eigenvalue weighted by Gasteiger charge is -2.19. The Hall–Kier alpha value is -2.21. The molecule has 0 unspecified atom stereocenters. The maximum absolute atomic E-state index is 13.1. The van der Waals surface area contributed by atoms with E-state index in [1.165, 1.54) is 22.7 Å². The van der Waals surface area contributed by atoms with Crippen molar-refractivity contribution in [3.8, 4) is 0 Å². The minimum atomic E-state index is -0.0835. The highest BCUT2D eigenvalue weighted by Gasteiger charge is 2.23. The van der Waals surface area contributed by atoms with Crippen LogP contribution >= 0.6 is 34.3 Å². The SMILES string of the molecule is O=C(c1ccc(Cl)s1)N(Cc1ccccc1)c1nc2ccccc2s1. The molecule has 0 saturated heterocycles. The van der Waals surface area contributed by atoms with E-state index in [1.54, 1.807) is 17.0 Å². The molecule has 6 heteroatoms. The Morgan fingerprint density at radius 3 is 2.44 bits per heavy atom. The number of nitrogens with zero attached hydrogens (tertiary/aromatic N) is 2. The lowest BCUT2D eigenvalue weighted by molar-refractivity contribution is 0.0989. The van der Waals surface area contributed by atoms with Gasteiger partial charge in [0.25, 0.3) is 5.91 Å². The summed E-state index contributed by atoms with van der Waals surface area (Å²) in [7, 11) is 0. The van der Waals surface area contributed by atoms with Gasteiger partial charge in [-0.3, -0.25) is 9.69 Å². The van der Waals surface area contributed by atoms with E-state index in [0.29, 0.717) is 20.9 Å². The first-order chi connectivity index (χ1) is 12.2. The quantitative estimate of drug-likeness (QED) is 0.441. The standard InChI is InChI=1S/C19H13ClN2OS2/c20-17-11-10-16(24-17)18(23)22(12-13-6-2-1-3-7-13)19-21-14-8-4-5-9-15(14)25-19/h1-11H,12H2. The molecule has 0 aliphatic rings. The third-order valence-electron chi connectivity index (χ3n) is 3.73. The van der Waals surface area contributed by atoms with Crippen molar-refractivity contribution in [2.24, 2.45) is 0 Å². The number of carbonyl (C=O) groups is 1. The minimum Gasteiger partial charge on any atom is -0.279 e. The number of halogens is 1. The zero-order valence-corrected chi connectivity index (χ0v) is 15.4. The largest absolute Gasteiger partial charge is 0.279 e. The molecule has 0 saturated carbocycles. The number of hydrogen-bond donors (Lipinski definition) is 0. The van der Waals surface area contributed by atoms with Crippen LogP contribution in [0.25, 0.3) is 10.2 Å². The van der Waals surface area contributed by atoms with E-state index < -0.39 is 0 Å². The number of amides is 1. The van der Waals surface area contributed by atoms with Crippen molar-refractivity contribution in [3.63, 3.8) is 0 Å². The summed E-state index contributed by atoms with van der Waals surface area (Å²) in [6.45, 7) is 0.467. The van der Waals surface area contributed by atoms with Gasteiger partial charge in [0.15, 0.2) is 5.13 Å². The predicted octanol–water partition coefficient (Wildman–Crippen LogP) is 5.86. The maximum atomic E-state index is 13.1. The molecule has 0 aliphatic carbocycles. The van der Waals surface area contributed by atoms with Gasteiger partial charge in [-0.15, -0.1) is 11.3 Å². The van der Waals surface area contributed by atoms with Gasteiger partial charge in [0.1, 0.15) is 0 Å². The zero-order chi connectivity index (χ0) is 17.2. The molecule has 4 rings (SSSR count). The summed E-state index contributed by atoms with van der Waals surface area (Å²) >= 11 is 8.82. The van der Waals surface area contributed by atoms with Crippen LogP contribution < -0.4 is 4.90 Å². The Morgan fingerprint density at radius 1 is 0.960 bits per heavy atom. The van der Waals surface area contributed by atoms with E-state index in [2.05, 4.69) is 4.98 Å². The lowest BCUT2D eigenvalue weighted by atomic mass is 10.2. The Morgan fingerprint density at radius 2 is 1.72 bits per heavy atom. The molecule has 0 spiro atoms. The van der Waals surface area contributed by atoms with Crippen molar-refractivity contribution in [1.29, 1.82) is 0 Å². The molecule has 2 aromatic heterocycles. The molecule has 4 aromatic rings. The van der Waals surface area contributed by atoms with Crippen LogP contribution in [0.15, 0.2) is 66.7 Å². The van der Waals surface area contributed by atoms with Crippen LogP contribution in [0.4, 0.5) is 5.13 Å². The fraction of sp³-hybridized carbons (Fsp3) is 0.0526. The van der Waals surface area contributed by atoms with Gasteiger partial charge in [0.2, 0.25) is 0 Å².